The Labute approximate surface area is 188 Å². The van der Waals surface area contributed by atoms with E-state index in [1.807, 2.05) is 38.1 Å². The van der Waals surface area contributed by atoms with Crippen molar-refractivity contribution in [1.82, 2.24) is 10.6 Å². The zero-order chi connectivity index (χ0) is 23.1. The summed E-state index contributed by atoms with van der Waals surface area (Å²) in [5.41, 5.74) is 4.56. The smallest absolute Gasteiger partial charge is 0.407 e. The van der Waals surface area contributed by atoms with Crippen LogP contribution in [-0.4, -0.2) is 41.8 Å². The molecule has 1 aliphatic carbocycles. The molecular weight excluding hydrogens is 408 g/mol. The van der Waals surface area contributed by atoms with Crippen LogP contribution < -0.4 is 10.6 Å². The minimum absolute atomic E-state index is 0.00576. The number of benzene rings is 2. The number of hydrogen-bond acceptors (Lipinski definition) is 4. The molecule has 0 fully saturated rings. The molecule has 2 atom stereocenters. The molecule has 2 aromatic rings. The van der Waals surface area contributed by atoms with Gasteiger partial charge < -0.3 is 20.5 Å². The molecule has 32 heavy (non-hydrogen) atoms. The quantitative estimate of drug-likeness (QED) is 0.519. The molecule has 0 spiro atoms. The Morgan fingerprint density at radius 1 is 0.969 bits per heavy atom. The largest absolute Gasteiger partial charge is 0.480 e. The van der Waals surface area contributed by atoms with Crippen LogP contribution in [0.1, 0.15) is 56.6 Å². The fourth-order valence-electron chi connectivity index (χ4n) is 4.13. The first kappa shape index (κ1) is 23.3. The Hall–Kier alpha value is -3.35. The summed E-state index contributed by atoms with van der Waals surface area (Å²) < 4.78 is 5.54. The highest BCUT2D eigenvalue weighted by molar-refractivity contribution is 5.84. The number of hydrogen-bond donors (Lipinski definition) is 3. The van der Waals surface area contributed by atoms with Crippen LogP contribution in [0.2, 0.25) is 0 Å². The highest BCUT2D eigenvalue weighted by Gasteiger charge is 2.29. The van der Waals surface area contributed by atoms with Crippen molar-refractivity contribution in [2.24, 2.45) is 0 Å². The van der Waals surface area contributed by atoms with Crippen molar-refractivity contribution >= 4 is 18.0 Å². The van der Waals surface area contributed by atoms with E-state index in [1.165, 1.54) is 0 Å². The molecule has 0 heterocycles. The maximum absolute atomic E-state index is 12.4. The number of carboxylic acids is 1. The van der Waals surface area contributed by atoms with Crippen LogP contribution >= 0.6 is 0 Å². The Kier molecular flexibility index (Phi) is 7.87. The lowest BCUT2D eigenvalue weighted by Gasteiger charge is -2.20. The second-order valence-electron chi connectivity index (χ2n) is 8.03. The second-order valence-corrected chi connectivity index (χ2v) is 8.03. The van der Waals surface area contributed by atoms with Crippen molar-refractivity contribution in [2.75, 3.05) is 6.61 Å². The van der Waals surface area contributed by atoms with Gasteiger partial charge in [0.15, 0.2) is 0 Å². The predicted octanol–water partition coefficient (Wildman–Crippen LogP) is 4.06. The number of alkyl carbamates (subject to hydrolysis) is 1. The first-order valence-corrected chi connectivity index (χ1v) is 11.1. The fraction of sp³-hybridized carbons (Fsp3) is 0.400. The van der Waals surface area contributed by atoms with Gasteiger partial charge >= 0.3 is 12.1 Å². The predicted molar refractivity (Wildman–Crippen MR) is 121 cm³/mol. The molecule has 0 radical (unpaired) electrons. The topological polar surface area (TPSA) is 105 Å². The summed E-state index contributed by atoms with van der Waals surface area (Å²) >= 11 is 0. The molecule has 0 unspecified atom stereocenters. The van der Waals surface area contributed by atoms with E-state index in [4.69, 9.17) is 4.74 Å². The van der Waals surface area contributed by atoms with E-state index in [0.717, 1.165) is 22.3 Å². The standard InChI is InChI=1S/C25H30N2O5/c1-3-9-22(24(29)30)27-23(28)14-16(4-2)26-25(31)32-15-21-19-12-7-5-10-17(19)18-11-6-8-13-20(18)21/h5-8,10-13,16,21-22H,3-4,9,14-15H2,1-2H3,(H,26,31)(H,27,28)(H,29,30)/t16-,22+/m1/s1. The molecule has 1 aliphatic rings. The van der Waals surface area contributed by atoms with Crippen molar-refractivity contribution in [3.8, 4) is 11.1 Å². The van der Waals surface area contributed by atoms with Gasteiger partial charge in [0.05, 0.1) is 0 Å². The number of rotatable bonds is 10. The van der Waals surface area contributed by atoms with Gasteiger partial charge in [0.2, 0.25) is 5.91 Å². The van der Waals surface area contributed by atoms with E-state index in [0.29, 0.717) is 19.3 Å². The van der Waals surface area contributed by atoms with Crippen molar-refractivity contribution in [2.45, 2.75) is 57.5 Å². The minimum Gasteiger partial charge on any atom is -0.480 e. The number of carbonyl (C=O) groups is 3. The molecule has 0 aromatic heterocycles. The zero-order valence-electron chi connectivity index (χ0n) is 18.5. The van der Waals surface area contributed by atoms with Gasteiger partial charge in [0.1, 0.15) is 12.6 Å². The maximum Gasteiger partial charge on any atom is 0.407 e. The van der Waals surface area contributed by atoms with Crippen LogP contribution in [0.4, 0.5) is 4.79 Å². The fourth-order valence-corrected chi connectivity index (χ4v) is 4.13. The van der Waals surface area contributed by atoms with Crippen LogP contribution in [0.25, 0.3) is 11.1 Å². The van der Waals surface area contributed by atoms with Gasteiger partial charge in [-0.05, 0) is 35.1 Å². The normalized spacial score (nSPS) is 14.1. The lowest BCUT2D eigenvalue weighted by molar-refractivity contribution is -0.142. The molecule has 7 heteroatoms. The van der Waals surface area contributed by atoms with Crippen molar-refractivity contribution < 1.29 is 24.2 Å². The van der Waals surface area contributed by atoms with E-state index in [9.17, 15) is 19.5 Å². The van der Waals surface area contributed by atoms with Crippen LogP contribution in [0.3, 0.4) is 0 Å². The molecule has 0 aliphatic heterocycles. The zero-order valence-corrected chi connectivity index (χ0v) is 18.5. The summed E-state index contributed by atoms with van der Waals surface area (Å²) in [4.78, 5) is 35.9. The van der Waals surface area contributed by atoms with Gasteiger partial charge in [0, 0.05) is 18.4 Å². The van der Waals surface area contributed by atoms with E-state index in [1.54, 1.807) is 0 Å². The summed E-state index contributed by atoms with van der Waals surface area (Å²) in [5, 5.41) is 14.5. The molecule has 0 saturated carbocycles. The van der Waals surface area contributed by atoms with Gasteiger partial charge in [-0.25, -0.2) is 9.59 Å². The maximum atomic E-state index is 12.4. The Morgan fingerprint density at radius 3 is 2.09 bits per heavy atom. The molecule has 3 N–H and O–H groups in total. The number of nitrogens with one attached hydrogen (secondary N) is 2. The summed E-state index contributed by atoms with van der Waals surface area (Å²) in [6, 6.07) is 14.8. The SMILES string of the molecule is CCC[C@H](NC(=O)C[C@@H](CC)NC(=O)OCC1c2ccccc2-c2ccccc21)C(=O)O. The molecule has 7 nitrogen and oxygen atoms in total. The van der Waals surface area contributed by atoms with Crippen molar-refractivity contribution in [3.05, 3.63) is 59.7 Å². The minimum atomic E-state index is -1.06. The number of carboxylic acid groups (broad SMARTS) is 1. The van der Waals surface area contributed by atoms with Gasteiger partial charge in [-0.3, -0.25) is 4.79 Å². The lowest BCUT2D eigenvalue weighted by Crippen LogP contribution is -2.44. The number of ether oxygens (including phenoxy) is 1. The van der Waals surface area contributed by atoms with Crippen LogP contribution in [0, 0.1) is 0 Å². The number of amides is 2. The number of aliphatic carboxylic acids is 1. The van der Waals surface area contributed by atoms with E-state index in [-0.39, 0.29) is 18.9 Å². The Bertz CT molecular complexity index is 929. The molecule has 3 rings (SSSR count). The third kappa shape index (κ3) is 5.46. The van der Waals surface area contributed by atoms with E-state index >= 15 is 0 Å². The molecule has 170 valence electrons. The number of carbonyl (C=O) groups excluding carboxylic acids is 2. The monoisotopic (exact) mass is 438 g/mol. The Balaban J connectivity index is 1.56. The van der Waals surface area contributed by atoms with E-state index in [2.05, 4.69) is 34.9 Å². The highest BCUT2D eigenvalue weighted by atomic mass is 16.5. The van der Waals surface area contributed by atoms with Crippen molar-refractivity contribution in [3.63, 3.8) is 0 Å². The molecule has 0 saturated heterocycles. The van der Waals surface area contributed by atoms with Crippen LogP contribution in [-0.2, 0) is 14.3 Å². The summed E-state index contributed by atoms with van der Waals surface area (Å²) in [6.45, 7) is 3.90. The van der Waals surface area contributed by atoms with Crippen molar-refractivity contribution in [1.29, 1.82) is 0 Å². The highest BCUT2D eigenvalue weighted by Crippen LogP contribution is 2.44. The van der Waals surface area contributed by atoms with Gasteiger partial charge in [-0.15, -0.1) is 0 Å². The summed E-state index contributed by atoms with van der Waals surface area (Å²) in [7, 11) is 0. The van der Waals surface area contributed by atoms with E-state index < -0.39 is 30.1 Å². The van der Waals surface area contributed by atoms with Gasteiger partial charge in [0.25, 0.3) is 0 Å². The molecular formula is C25H30N2O5. The first-order chi connectivity index (χ1) is 15.4. The van der Waals surface area contributed by atoms with Crippen LogP contribution in [0.5, 0.6) is 0 Å². The third-order valence-corrected chi connectivity index (χ3v) is 5.80. The Morgan fingerprint density at radius 2 is 1.56 bits per heavy atom. The third-order valence-electron chi connectivity index (χ3n) is 5.80. The number of fused-ring (bicyclic) bond motifs is 3. The summed E-state index contributed by atoms with van der Waals surface area (Å²) in [5.74, 6) is -1.50. The first-order valence-electron chi connectivity index (χ1n) is 11.1. The average molecular weight is 439 g/mol. The molecule has 0 bridgehead atoms. The molecule has 2 amide bonds. The lowest BCUT2D eigenvalue weighted by atomic mass is 9.98. The van der Waals surface area contributed by atoms with Gasteiger partial charge in [-0.1, -0.05) is 68.8 Å². The molecule has 2 aromatic carbocycles. The average Bonchev–Trinajstić information content (AvgIpc) is 3.10. The second kappa shape index (κ2) is 10.8. The van der Waals surface area contributed by atoms with Crippen LogP contribution in [0.15, 0.2) is 48.5 Å². The van der Waals surface area contributed by atoms with Gasteiger partial charge in [-0.2, -0.15) is 0 Å². The summed E-state index contributed by atoms with van der Waals surface area (Å²) in [6.07, 6.45) is 0.927.